The fraction of sp³-hybridized carbons (Fsp3) is 0.348. The molecule has 0 aliphatic carbocycles. The molecule has 4 rings (SSSR count). The van der Waals surface area contributed by atoms with Crippen LogP contribution in [0.2, 0.25) is 0 Å². The molecule has 1 aromatic heterocycles. The van der Waals surface area contributed by atoms with Crippen molar-refractivity contribution < 1.29 is 9.18 Å². The largest absolute Gasteiger partial charge is 0.343 e. The number of hydrogen-bond acceptors (Lipinski definition) is 5. The highest BCUT2D eigenvalue weighted by Crippen LogP contribution is 2.28. The maximum atomic E-state index is 13.2. The Morgan fingerprint density at radius 2 is 1.67 bits per heavy atom. The monoisotopic (exact) mass is 424 g/mol. The lowest BCUT2D eigenvalue weighted by Crippen LogP contribution is -2.53. The van der Waals surface area contributed by atoms with Gasteiger partial charge < -0.3 is 9.80 Å². The Balaban J connectivity index is 1.36. The van der Waals surface area contributed by atoms with E-state index in [4.69, 9.17) is 0 Å². The first-order valence-corrected chi connectivity index (χ1v) is 10.9. The molecular weight excluding hydrogens is 399 g/mol. The van der Waals surface area contributed by atoms with Gasteiger partial charge in [0.2, 0.25) is 11.0 Å². The molecule has 1 aliphatic rings. The highest BCUT2D eigenvalue weighted by Gasteiger charge is 2.35. The Morgan fingerprint density at radius 1 is 1.00 bits per heavy atom. The summed E-state index contributed by atoms with van der Waals surface area (Å²) < 4.78 is 13.1. The van der Waals surface area contributed by atoms with Crippen molar-refractivity contribution in [2.45, 2.75) is 25.7 Å². The molecule has 156 valence electrons. The number of anilines is 1. The van der Waals surface area contributed by atoms with Crippen molar-refractivity contribution >= 4 is 22.4 Å². The number of piperazine rings is 1. The first-order valence-electron chi connectivity index (χ1n) is 10.1. The summed E-state index contributed by atoms with van der Waals surface area (Å²) in [5.41, 5.74) is 1.50. The minimum atomic E-state index is -0.547. The van der Waals surface area contributed by atoms with Crippen LogP contribution in [-0.2, 0) is 16.6 Å². The molecule has 0 N–H and O–H groups in total. The van der Waals surface area contributed by atoms with Gasteiger partial charge in [-0.1, -0.05) is 53.8 Å². The predicted octanol–water partition coefficient (Wildman–Crippen LogP) is 3.89. The van der Waals surface area contributed by atoms with Gasteiger partial charge in [-0.15, -0.1) is 10.2 Å². The number of nitrogens with zero attached hydrogens (tertiary/aromatic N) is 4. The van der Waals surface area contributed by atoms with E-state index in [1.165, 1.54) is 12.1 Å². The molecule has 1 aliphatic heterocycles. The molecule has 1 saturated heterocycles. The molecule has 0 radical (unpaired) electrons. The first kappa shape index (κ1) is 20.5. The lowest BCUT2D eigenvalue weighted by atomic mass is 9.83. The van der Waals surface area contributed by atoms with E-state index in [-0.39, 0.29) is 11.7 Å². The van der Waals surface area contributed by atoms with Gasteiger partial charge >= 0.3 is 0 Å². The molecule has 1 amide bonds. The van der Waals surface area contributed by atoms with Gasteiger partial charge in [0.1, 0.15) is 10.8 Å². The zero-order valence-corrected chi connectivity index (χ0v) is 18.0. The van der Waals surface area contributed by atoms with Crippen molar-refractivity contribution in [3.63, 3.8) is 0 Å². The van der Waals surface area contributed by atoms with Gasteiger partial charge in [-0.3, -0.25) is 4.79 Å². The summed E-state index contributed by atoms with van der Waals surface area (Å²) >= 11 is 1.56. The molecule has 0 atom stereocenters. The highest BCUT2D eigenvalue weighted by molar-refractivity contribution is 7.15. The molecule has 7 heteroatoms. The number of amides is 1. The summed E-state index contributed by atoms with van der Waals surface area (Å²) in [6.07, 6.45) is 0.641. The van der Waals surface area contributed by atoms with Gasteiger partial charge in [0.05, 0.1) is 5.41 Å². The van der Waals surface area contributed by atoms with Crippen LogP contribution in [0.25, 0.3) is 0 Å². The van der Waals surface area contributed by atoms with Crippen molar-refractivity contribution in [3.8, 4) is 0 Å². The normalized spacial score (nSPS) is 14.8. The minimum Gasteiger partial charge on any atom is -0.343 e. The zero-order chi connectivity index (χ0) is 21.1. The molecule has 3 aromatic rings. The first-order chi connectivity index (χ1) is 14.4. The Kier molecular flexibility index (Phi) is 5.81. The smallest absolute Gasteiger partial charge is 0.232 e. The standard InChI is InChI=1S/C23H25FN4OS/c1-23(2,18-6-4-3-5-7-18)21(29)27-12-14-28(15-13-27)22-26-25-20(30-22)16-17-8-10-19(24)11-9-17/h3-11H,12-16H2,1-2H3. The van der Waals surface area contributed by atoms with Crippen molar-refractivity contribution in [1.29, 1.82) is 0 Å². The van der Waals surface area contributed by atoms with Gasteiger partial charge in [-0.05, 0) is 37.1 Å². The van der Waals surface area contributed by atoms with E-state index in [9.17, 15) is 9.18 Å². The predicted molar refractivity (Wildman–Crippen MR) is 117 cm³/mol. The van der Waals surface area contributed by atoms with Crippen LogP contribution >= 0.6 is 11.3 Å². The summed E-state index contributed by atoms with van der Waals surface area (Å²) in [6, 6.07) is 16.4. The minimum absolute atomic E-state index is 0.155. The Bertz CT molecular complexity index is 996. The van der Waals surface area contributed by atoms with Crippen molar-refractivity contribution in [2.75, 3.05) is 31.1 Å². The molecule has 0 saturated carbocycles. The van der Waals surface area contributed by atoms with Crippen LogP contribution in [0.4, 0.5) is 9.52 Å². The third kappa shape index (κ3) is 4.36. The lowest BCUT2D eigenvalue weighted by molar-refractivity contribution is -0.136. The Morgan fingerprint density at radius 3 is 2.33 bits per heavy atom. The second-order valence-corrected chi connectivity index (χ2v) is 9.09. The van der Waals surface area contributed by atoms with E-state index in [1.54, 1.807) is 23.5 Å². The third-order valence-electron chi connectivity index (χ3n) is 5.59. The summed E-state index contributed by atoms with van der Waals surface area (Å²) in [4.78, 5) is 17.3. The summed E-state index contributed by atoms with van der Waals surface area (Å²) in [5, 5.41) is 10.4. The molecule has 0 spiro atoms. The number of aromatic nitrogens is 2. The van der Waals surface area contributed by atoms with Crippen LogP contribution in [0, 0.1) is 5.82 Å². The highest BCUT2D eigenvalue weighted by atomic mass is 32.1. The van der Waals surface area contributed by atoms with Crippen molar-refractivity contribution in [3.05, 3.63) is 76.5 Å². The van der Waals surface area contributed by atoms with Crippen LogP contribution in [0.5, 0.6) is 0 Å². The van der Waals surface area contributed by atoms with Crippen LogP contribution < -0.4 is 4.90 Å². The van der Waals surface area contributed by atoms with Crippen LogP contribution in [0.1, 0.15) is 30.0 Å². The van der Waals surface area contributed by atoms with Gasteiger partial charge in [0.25, 0.3) is 0 Å². The van der Waals surface area contributed by atoms with E-state index in [1.807, 2.05) is 49.1 Å². The Hall–Kier alpha value is -2.80. The summed E-state index contributed by atoms with van der Waals surface area (Å²) in [6.45, 7) is 6.79. The molecule has 5 nitrogen and oxygen atoms in total. The Labute approximate surface area is 180 Å². The van der Waals surface area contributed by atoms with E-state index >= 15 is 0 Å². The van der Waals surface area contributed by atoms with E-state index in [2.05, 4.69) is 15.1 Å². The maximum Gasteiger partial charge on any atom is 0.232 e. The molecule has 2 aromatic carbocycles. The topological polar surface area (TPSA) is 49.3 Å². The molecule has 30 heavy (non-hydrogen) atoms. The second kappa shape index (κ2) is 8.52. The summed E-state index contributed by atoms with van der Waals surface area (Å²) in [5.74, 6) is -0.0813. The van der Waals surface area contributed by atoms with Crippen molar-refractivity contribution in [1.82, 2.24) is 15.1 Å². The van der Waals surface area contributed by atoms with Gasteiger partial charge in [-0.2, -0.15) is 0 Å². The number of rotatable bonds is 5. The molecule has 2 heterocycles. The SMILES string of the molecule is CC(C)(C(=O)N1CCN(c2nnc(Cc3ccc(F)cc3)s2)CC1)c1ccccc1. The molecular formula is C23H25FN4OS. The average molecular weight is 425 g/mol. The molecule has 0 unspecified atom stereocenters. The van der Waals surface area contributed by atoms with Crippen LogP contribution in [-0.4, -0.2) is 47.2 Å². The zero-order valence-electron chi connectivity index (χ0n) is 17.2. The number of carbonyl (C=O) groups excluding carboxylic acids is 1. The summed E-state index contributed by atoms with van der Waals surface area (Å²) in [7, 11) is 0. The fourth-order valence-corrected chi connectivity index (χ4v) is 4.62. The average Bonchev–Trinajstić information content (AvgIpc) is 3.24. The van der Waals surface area contributed by atoms with Crippen LogP contribution in [0.3, 0.4) is 0 Å². The van der Waals surface area contributed by atoms with Crippen molar-refractivity contribution in [2.24, 2.45) is 0 Å². The fourth-order valence-electron chi connectivity index (χ4n) is 3.70. The van der Waals surface area contributed by atoms with E-state index in [0.717, 1.165) is 34.4 Å². The lowest BCUT2D eigenvalue weighted by Gasteiger charge is -2.38. The van der Waals surface area contributed by atoms with Gasteiger partial charge in [0.15, 0.2) is 0 Å². The third-order valence-corrected chi connectivity index (χ3v) is 6.58. The van der Waals surface area contributed by atoms with Gasteiger partial charge in [-0.25, -0.2) is 4.39 Å². The second-order valence-electron chi connectivity index (χ2n) is 8.05. The van der Waals surface area contributed by atoms with E-state index < -0.39 is 5.41 Å². The number of carbonyl (C=O) groups is 1. The number of halogens is 1. The molecule has 0 bridgehead atoms. The number of benzene rings is 2. The van der Waals surface area contributed by atoms with Crippen LogP contribution in [0.15, 0.2) is 54.6 Å². The van der Waals surface area contributed by atoms with Gasteiger partial charge in [0, 0.05) is 32.6 Å². The molecule has 1 fully saturated rings. The quantitative estimate of drug-likeness (QED) is 0.623. The van der Waals surface area contributed by atoms with E-state index in [0.29, 0.717) is 19.5 Å². The number of hydrogen-bond donors (Lipinski definition) is 0. The maximum absolute atomic E-state index is 13.2.